The van der Waals surface area contributed by atoms with Crippen molar-refractivity contribution >= 4 is 5.97 Å². The van der Waals surface area contributed by atoms with Gasteiger partial charge in [-0.15, -0.1) is 0 Å². The molecule has 0 N–H and O–H groups in total. The van der Waals surface area contributed by atoms with Crippen LogP contribution in [0.5, 0.6) is 0 Å². The highest BCUT2D eigenvalue weighted by Crippen LogP contribution is 2.60. The fraction of sp³-hybridized carbons (Fsp3) is 0.500. The summed E-state index contributed by atoms with van der Waals surface area (Å²) in [5, 5.41) is 0. The summed E-state index contributed by atoms with van der Waals surface area (Å²) in [5.74, 6) is 1.02. The highest BCUT2D eigenvalue weighted by molar-refractivity contribution is 5.80. The van der Waals surface area contributed by atoms with Crippen molar-refractivity contribution < 1.29 is 9.53 Å². The Balaban J connectivity index is 1.95. The molecule has 1 fully saturated rings. The number of hydrogen-bond acceptors (Lipinski definition) is 2. The first kappa shape index (κ1) is 13.4. The van der Waals surface area contributed by atoms with Crippen molar-refractivity contribution in [2.75, 3.05) is 6.61 Å². The van der Waals surface area contributed by atoms with E-state index >= 15 is 0 Å². The van der Waals surface area contributed by atoms with E-state index in [4.69, 9.17) is 4.74 Å². The van der Waals surface area contributed by atoms with Gasteiger partial charge in [-0.05, 0) is 37.2 Å². The average Bonchev–Trinajstić information content (AvgIpc) is 3.05. The molecule has 2 heteroatoms. The average molecular weight is 270 g/mol. The molecule has 0 aromatic heterocycles. The van der Waals surface area contributed by atoms with E-state index in [0.717, 1.165) is 12.8 Å². The third-order valence-corrected chi connectivity index (χ3v) is 5.00. The molecular weight excluding hydrogens is 248 g/mol. The summed E-state index contributed by atoms with van der Waals surface area (Å²) in [6.07, 6.45) is 6.47. The molecule has 2 aliphatic carbocycles. The number of fused-ring (bicyclic) bond motifs is 2. The van der Waals surface area contributed by atoms with Crippen LogP contribution in [0.1, 0.15) is 38.2 Å². The zero-order chi connectivity index (χ0) is 14.2. The molecule has 0 spiro atoms. The van der Waals surface area contributed by atoms with Crippen molar-refractivity contribution in [3.05, 3.63) is 48.0 Å². The molecule has 1 saturated carbocycles. The molecule has 0 saturated heterocycles. The molecule has 3 rings (SSSR count). The molecule has 2 bridgehead atoms. The molecule has 20 heavy (non-hydrogen) atoms. The summed E-state index contributed by atoms with van der Waals surface area (Å²) in [5.41, 5.74) is 0.857. The SMILES string of the molecule is CCCOC(=O)C1(C)C2C=CC(C2)C1c1ccccc1. The van der Waals surface area contributed by atoms with Crippen LogP contribution in [0, 0.1) is 17.3 Å². The van der Waals surface area contributed by atoms with E-state index in [1.54, 1.807) is 0 Å². The number of carbonyl (C=O) groups is 1. The lowest BCUT2D eigenvalue weighted by molar-refractivity contribution is -0.157. The second-order valence-corrected chi connectivity index (χ2v) is 6.20. The van der Waals surface area contributed by atoms with Gasteiger partial charge in [0, 0.05) is 5.92 Å². The minimum Gasteiger partial charge on any atom is -0.465 e. The zero-order valence-corrected chi connectivity index (χ0v) is 12.2. The molecule has 0 heterocycles. The predicted octanol–water partition coefficient (Wildman–Crippen LogP) is 3.94. The summed E-state index contributed by atoms with van der Waals surface area (Å²) in [6.45, 7) is 4.65. The number of carbonyl (C=O) groups excluding carboxylic acids is 1. The molecule has 0 aliphatic heterocycles. The minimum absolute atomic E-state index is 0.0231. The number of esters is 1. The maximum Gasteiger partial charge on any atom is 0.313 e. The minimum atomic E-state index is -0.407. The van der Waals surface area contributed by atoms with Crippen LogP contribution >= 0.6 is 0 Å². The number of rotatable bonds is 4. The fourth-order valence-corrected chi connectivity index (χ4v) is 3.98. The first-order chi connectivity index (χ1) is 9.67. The summed E-state index contributed by atoms with van der Waals surface area (Å²) in [7, 11) is 0. The largest absolute Gasteiger partial charge is 0.465 e. The molecule has 0 radical (unpaired) electrons. The summed E-state index contributed by atoms with van der Waals surface area (Å²) < 4.78 is 5.51. The van der Waals surface area contributed by atoms with E-state index in [1.807, 2.05) is 13.0 Å². The molecule has 4 atom stereocenters. The van der Waals surface area contributed by atoms with Gasteiger partial charge in [0.15, 0.2) is 0 Å². The third-order valence-electron chi connectivity index (χ3n) is 5.00. The number of hydrogen-bond donors (Lipinski definition) is 0. The smallest absolute Gasteiger partial charge is 0.313 e. The third kappa shape index (κ3) is 1.90. The van der Waals surface area contributed by atoms with Gasteiger partial charge in [0.1, 0.15) is 0 Å². The quantitative estimate of drug-likeness (QED) is 0.612. The van der Waals surface area contributed by atoms with Gasteiger partial charge in [-0.25, -0.2) is 0 Å². The van der Waals surface area contributed by atoms with Gasteiger partial charge >= 0.3 is 5.97 Å². The Morgan fingerprint density at radius 3 is 2.75 bits per heavy atom. The van der Waals surface area contributed by atoms with E-state index in [2.05, 4.69) is 43.3 Å². The summed E-state index contributed by atoms with van der Waals surface area (Å²) in [6, 6.07) is 10.4. The molecule has 4 unspecified atom stereocenters. The van der Waals surface area contributed by atoms with Gasteiger partial charge in [-0.1, -0.05) is 49.4 Å². The standard InChI is InChI=1S/C18H22O2/c1-3-11-20-17(19)18(2)15-10-9-14(12-15)16(18)13-7-5-4-6-8-13/h4-10,14-16H,3,11-12H2,1-2H3. The normalized spacial score (nSPS) is 34.4. The van der Waals surface area contributed by atoms with Gasteiger partial charge in [0.25, 0.3) is 0 Å². The van der Waals surface area contributed by atoms with Crippen LogP contribution in [0.2, 0.25) is 0 Å². The van der Waals surface area contributed by atoms with Crippen molar-refractivity contribution in [1.82, 2.24) is 0 Å². The first-order valence-electron chi connectivity index (χ1n) is 7.58. The van der Waals surface area contributed by atoms with Gasteiger partial charge in [-0.2, -0.15) is 0 Å². The van der Waals surface area contributed by atoms with E-state index in [-0.39, 0.29) is 11.9 Å². The Labute approximate surface area is 120 Å². The van der Waals surface area contributed by atoms with Crippen LogP contribution in [0.3, 0.4) is 0 Å². The molecule has 1 aromatic carbocycles. The van der Waals surface area contributed by atoms with Crippen molar-refractivity contribution in [3.8, 4) is 0 Å². The molecular formula is C18H22O2. The van der Waals surface area contributed by atoms with E-state index < -0.39 is 5.41 Å². The van der Waals surface area contributed by atoms with Crippen molar-refractivity contribution in [1.29, 1.82) is 0 Å². The lowest BCUT2D eigenvalue weighted by Gasteiger charge is -2.36. The Hall–Kier alpha value is -1.57. The monoisotopic (exact) mass is 270 g/mol. The molecule has 2 nitrogen and oxygen atoms in total. The van der Waals surface area contributed by atoms with Crippen LogP contribution in [0.15, 0.2) is 42.5 Å². The van der Waals surface area contributed by atoms with E-state index in [0.29, 0.717) is 18.4 Å². The molecule has 2 aliphatic rings. The van der Waals surface area contributed by atoms with Gasteiger partial charge in [0.05, 0.1) is 12.0 Å². The number of allylic oxidation sites excluding steroid dienone is 2. The van der Waals surface area contributed by atoms with Crippen molar-refractivity contribution in [3.63, 3.8) is 0 Å². The van der Waals surface area contributed by atoms with Crippen molar-refractivity contribution in [2.45, 2.75) is 32.6 Å². The van der Waals surface area contributed by atoms with Crippen LogP contribution in [0.4, 0.5) is 0 Å². The second-order valence-electron chi connectivity index (χ2n) is 6.20. The Morgan fingerprint density at radius 2 is 2.05 bits per heavy atom. The van der Waals surface area contributed by atoms with Crippen LogP contribution in [-0.2, 0) is 9.53 Å². The predicted molar refractivity (Wildman–Crippen MR) is 79.3 cm³/mol. The highest BCUT2D eigenvalue weighted by Gasteiger charge is 2.58. The first-order valence-corrected chi connectivity index (χ1v) is 7.58. The van der Waals surface area contributed by atoms with Crippen LogP contribution in [0.25, 0.3) is 0 Å². The topological polar surface area (TPSA) is 26.3 Å². The Morgan fingerprint density at radius 1 is 1.30 bits per heavy atom. The molecule has 0 amide bonds. The lowest BCUT2D eigenvalue weighted by atomic mass is 9.67. The van der Waals surface area contributed by atoms with Crippen LogP contribution in [-0.4, -0.2) is 12.6 Å². The molecule has 106 valence electrons. The number of benzene rings is 1. The fourth-order valence-electron chi connectivity index (χ4n) is 3.98. The summed E-state index contributed by atoms with van der Waals surface area (Å²) >= 11 is 0. The zero-order valence-electron chi connectivity index (χ0n) is 12.2. The highest BCUT2D eigenvalue weighted by atomic mass is 16.5. The maximum absolute atomic E-state index is 12.6. The maximum atomic E-state index is 12.6. The van der Waals surface area contributed by atoms with E-state index in [1.165, 1.54) is 5.56 Å². The second kappa shape index (κ2) is 5.08. The van der Waals surface area contributed by atoms with Gasteiger partial charge in [-0.3, -0.25) is 4.79 Å². The lowest BCUT2D eigenvalue weighted by Crippen LogP contribution is -2.39. The molecule has 1 aromatic rings. The Bertz CT molecular complexity index is 519. The van der Waals surface area contributed by atoms with Gasteiger partial charge in [0.2, 0.25) is 0 Å². The van der Waals surface area contributed by atoms with Gasteiger partial charge < -0.3 is 4.74 Å². The number of ether oxygens (including phenoxy) is 1. The van der Waals surface area contributed by atoms with Crippen LogP contribution < -0.4 is 0 Å². The van der Waals surface area contributed by atoms with Crippen molar-refractivity contribution in [2.24, 2.45) is 17.3 Å². The van der Waals surface area contributed by atoms with E-state index in [9.17, 15) is 4.79 Å². The summed E-state index contributed by atoms with van der Waals surface area (Å²) in [4.78, 5) is 12.6. The Kier molecular flexibility index (Phi) is 3.41.